The average molecular weight is 213 g/mol. The molecule has 2 nitrogen and oxygen atoms in total. The van der Waals surface area contributed by atoms with Gasteiger partial charge in [-0.2, -0.15) is 17.0 Å². The van der Waals surface area contributed by atoms with Gasteiger partial charge in [0.05, 0.1) is 17.6 Å². The highest BCUT2D eigenvalue weighted by molar-refractivity contribution is 7.98. The third-order valence-corrected chi connectivity index (χ3v) is 3.88. The standard InChI is InChI=1S/C11H19NOS/c1-14-8-4-5-10(13)11(9-12)6-2-3-7-11/h10,13H,2-8H2,1H3. The Labute approximate surface area is 90.7 Å². The number of aliphatic hydroxyl groups excluding tert-OH is 1. The molecule has 1 rings (SSSR count). The molecule has 0 saturated heterocycles. The number of nitrogens with zero attached hydrogens (tertiary/aromatic N) is 1. The quantitative estimate of drug-likeness (QED) is 0.714. The average Bonchev–Trinajstić information content (AvgIpc) is 2.67. The molecular formula is C11H19NOS. The monoisotopic (exact) mass is 213 g/mol. The lowest BCUT2D eigenvalue weighted by atomic mass is 9.80. The van der Waals surface area contributed by atoms with E-state index in [0.29, 0.717) is 0 Å². The molecule has 0 radical (unpaired) electrons. The Morgan fingerprint density at radius 3 is 2.64 bits per heavy atom. The SMILES string of the molecule is CSCCCC(O)C1(C#N)CCCC1. The summed E-state index contributed by atoms with van der Waals surface area (Å²) in [7, 11) is 0. The van der Waals surface area contributed by atoms with E-state index in [1.165, 1.54) is 0 Å². The summed E-state index contributed by atoms with van der Waals surface area (Å²) in [6, 6.07) is 2.35. The number of aliphatic hydroxyl groups is 1. The second kappa shape index (κ2) is 5.63. The molecule has 1 fully saturated rings. The Kier molecular flexibility index (Phi) is 4.77. The smallest absolute Gasteiger partial charge is 0.0832 e. The molecule has 0 aromatic rings. The summed E-state index contributed by atoms with van der Waals surface area (Å²) in [6.07, 6.45) is 7.47. The molecule has 1 N–H and O–H groups in total. The van der Waals surface area contributed by atoms with Crippen LogP contribution in [0, 0.1) is 16.7 Å². The minimum atomic E-state index is -0.404. The molecule has 1 unspecified atom stereocenters. The predicted octanol–water partition coefficient (Wildman–Crippen LogP) is 2.57. The van der Waals surface area contributed by atoms with Crippen LogP contribution in [-0.4, -0.2) is 23.2 Å². The van der Waals surface area contributed by atoms with Crippen LogP contribution in [0.1, 0.15) is 38.5 Å². The molecule has 0 aromatic heterocycles. The summed E-state index contributed by atoms with van der Waals surface area (Å²) in [4.78, 5) is 0. The van der Waals surface area contributed by atoms with E-state index < -0.39 is 11.5 Å². The maximum Gasteiger partial charge on any atom is 0.0832 e. The zero-order chi connectivity index (χ0) is 10.4. The summed E-state index contributed by atoms with van der Waals surface area (Å²) < 4.78 is 0. The molecule has 0 aromatic carbocycles. The van der Waals surface area contributed by atoms with E-state index >= 15 is 0 Å². The van der Waals surface area contributed by atoms with Crippen LogP contribution in [0.2, 0.25) is 0 Å². The largest absolute Gasteiger partial charge is 0.391 e. The summed E-state index contributed by atoms with van der Waals surface area (Å²) in [5.74, 6) is 1.08. The van der Waals surface area contributed by atoms with E-state index in [1.54, 1.807) is 11.8 Å². The third kappa shape index (κ3) is 2.65. The van der Waals surface area contributed by atoms with Gasteiger partial charge in [0.25, 0.3) is 0 Å². The van der Waals surface area contributed by atoms with Crippen LogP contribution >= 0.6 is 11.8 Å². The van der Waals surface area contributed by atoms with Gasteiger partial charge in [0.2, 0.25) is 0 Å². The lowest BCUT2D eigenvalue weighted by molar-refractivity contribution is 0.0596. The second-order valence-electron chi connectivity index (χ2n) is 4.13. The van der Waals surface area contributed by atoms with Crippen molar-refractivity contribution in [2.75, 3.05) is 12.0 Å². The van der Waals surface area contributed by atoms with Gasteiger partial charge in [-0.3, -0.25) is 0 Å². The first-order chi connectivity index (χ1) is 6.75. The molecule has 0 aliphatic heterocycles. The molecule has 0 amide bonds. The van der Waals surface area contributed by atoms with Crippen molar-refractivity contribution in [3.8, 4) is 6.07 Å². The van der Waals surface area contributed by atoms with Crippen molar-refractivity contribution in [1.82, 2.24) is 0 Å². The Hall–Kier alpha value is -0.200. The van der Waals surface area contributed by atoms with E-state index in [4.69, 9.17) is 5.26 Å². The number of nitriles is 1. The number of thioether (sulfide) groups is 1. The first-order valence-electron chi connectivity index (χ1n) is 5.33. The van der Waals surface area contributed by atoms with Gasteiger partial charge in [0.15, 0.2) is 0 Å². The highest BCUT2D eigenvalue weighted by atomic mass is 32.2. The van der Waals surface area contributed by atoms with Crippen LogP contribution in [0.3, 0.4) is 0 Å². The Morgan fingerprint density at radius 2 is 2.14 bits per heavy atom. The second-order valence-corrected chi connectivity index (χ2v) is 5.11. The first kappa shape index (κ1) is 11.9. The molecule has 1 saturated carbocycles. The van der Waals surface area contributed by atoms with Crippen molar-refractivity contribution in [2.24, 2.45) is 5.41 Å². The third-order valence-electron chi connectivity index (χ3n) is 3.18. The molecule has 0 heterocycles. The van der Waals surface area contributed by atoms with Gasteiger partial charge in [-0.15, -0.1) is 0 Å². The zero-order valence-electron chi connectivity index (χ0n) is 8.83. The number of hydrogen-bond donors (Lipinski definition) is 1. The van der Waals surface area contributed by atoms with Gasteiger partial charge in [0, 0.05) is 0 Å². The lowest BCUT2D eigenvalue weighted by Crippen LogP contribution is -2.31. The Morgan fingerprint density at radius 1 is 1.50 bits per heavy atom. The van der Waals surface area contributed by atoms with E-state index in [1.807, 2.05) is 0 Å². The summed E-state index contributed by atoms with van der Waals surface area (Å²) in [6.45, 7) is 0. The van der Waals surface area contributed by atoms with Gasteiger partial charge in [-0.05, 0) is 37.7 Å². The number of hydrogen-bond acceptors (Lipinski definition) is 3. The molecular weight excluding hydrogens is 194 g/mol. The highest BCUT2D eigenvalue weighted by Crippen LogP contribution is 2.41. The number of rotatable bonds is 5. The van der Waals surface area contributed by atoms with Crippen molar-refractivity contribution >= 4 is 11.8 Å². The van der Waals surface area contributed by atoms with Gasteiger partial charge in [-0.25, -0.2) is 0 Å². The first-order valence-corrected chi connectivity index (χ1v) is 6.73. The van der Waals surface area contributed by atoms with Crippen LogP contribution in [0.4, 0.5) is 0 Å². The summed E-state index contributed by atoms with van der Waals surface area (Å²) in [5, 5.41) is 19.1. The molecule has 3 heteroatoms. The summed E-state index contributed by atoms with van der Waals surface area (Å²) >= 11 is 1.80. The topological polar surface area (TPSA) is 44.0 Å². The van der Waals surface area contributed by atoms with E-state index in [0.717, 1.165) is 44.3 Å². The molecule has 1 aliphatic rings. The molecule has 1 atom stereocenters. The maximum absolute atomic E-state index is 9.99. The zero-order valence-corrected chi connectivity index (χ0v) is 9.65. The fourth-order valence-electron chi connectivity index (χ4n) is 2.22. The van der Waals surface area contributed by atoms with Gasteiger partial charge in [-0.1, -0.05) is 12.8 Å². The lowest BCUT2D eigenvalue weighted by Gasteiger charge is -2.26. The Balaban J connectivity index is 2.40. The van der Waals surface area contributed by atoms with Crippen LogP contribution < -0.4 is 0 Å². The maximum atomic E-state index is 9.99. The van der Waals surface area contributed by atoms with Crippen LogP contribution in [0.15, 0.2) is 0 Å². The van der Waals surface area contributed by atoms with Crippen LogP contribution in [0.25, 0.3) is 0 Å². The van der Waals surface area contributed by atoms with E-state index in [-0.39, 0.29) is 0 Å². The van der Waals surface area contributed by atoms with Crippen LogP contribution in [-0.2, 0) is 0 Å². The van der Waals surface area contributed by atoms with Gasteiger partial charge >= 0.3 is 0 Å². The Bertz CT molecular complexity index is 206. The molecule has 80 valence electrons. The van der Waals surface area contributed by atoms with Crippen molar-refractivity contribution in [3.63, 3.8) is 0 Å². The molecule has 0 spiro atoms. The van der Waals surface area contributed by atoms with Crippen LogP contribution in [0.5, 0.6) is 0 Å². The molecule has 14 heavy (non-hydrogen) atoms. The van der Waals surface area contributed by atoms with Crippen molar-refractivity contribution < 1.29 is 5.11 Å². The van der Waals surface area contributed by atoms with Gasteiger partial charge in [0.1, 0.15) is 0 Å². The van der Waals surface area contributed by atoms with E-state index in [9.17, 15) is 5.11 Å². The van der Waals surface area contributed by atoms with E-state index in [2.05, 4.69) is 12.3 Å². The summed E-state index contributed by atoms with van der Waals surface area (Å²) in [5.41, 5.74) is -0.404. The highest BCUT2D eigenvalue weighted by Gasteiger charge is 2.40. The van der Waals surface area contributed by atoms with Crippen molar-refractivity contribution in [1.29, 1.82) is 5.26 Å². The fraction of sp³-hybridized carbons (Fsp3) is 0.909. The molecule has 0 bridgehead atoms. The van der Waals surface area contributed by atoms with Crippen molar-refractivity contribution in [3.05, 3.63) is 0 Å². The molecule has 1 aliphatic carbocycles. The fourth-order valence-corrected chi connectivity index (χ4v) is 2.68. The predicted molar refractivity (Wildman–Crippen MR) is 60.1 cm³/mol. The minimum absolute atomic E-state index is 0.401. The minimum Gasteiger partial charge on any atom is -0.391 e. The van der Waals surface area contributed by atoms with Gasteiger partial charge < -0.3 is 5.11 Å². The van der Waals surface area contributed by atoms with Crippen molar-refractivity contribution in [2.45, 2.75) is 44.6 Å². The normalized spacial score (nSPS) is 21.8.